The third kappa shape index (κ3) is 6.83. The maximum absolute atomic E-state index is 11.1. The van der Waals surface area contributed by atoms with E-state index in [9.17, 15) is 4.79 Å². The topological polar surface area (TPSA) is 43.1 Å². The van der Waals surface area contributed by atoms with Crippen molar-refractivity contribution >= 4 is 5.91 Å². The van der Waals surface area contributed by atoms with Crippen LogP contribution in [0.2, 0.25) is 0 Å². The molecular formula is C16H29NO. The van der Waals surface area contributed by atoms with Crippen molar-refractivity contribution in [3.05, 3.63) is 12.2 Å². The van der Waals surface area contributed by atoms with E-state index < -0.39 is 0 Å². The second-order valence-electron chi connectivity index (χ2n) is 5.80. The average Bonchev–Trinajstić information content (AvgIpc) is 2.32. The van der Waals surface area contributed by atoms with E-state index in [-0.39, 0.29) is 5.91 Å². The lowest BCUT2D eigenvalue weighted by molar-refractivity contribution is -0.114. The number of amides is 1. The Morgan fingerprint density at radius 1 is 0.889 bits per heavy atom. The molecule has 0 aromatic carbocycles. The van der Waals surface area contributed by atoms with Crippen molar-refractivity contribution in [2.75, 3.05) is 0 Å². The van der Waals surface area contributed by atoms with E-state index in [1.54, 1.807) is 0 Å². The molecule has 1 saturated carbocycles. The van der Waals surface area contributed by atoms with E-state index in [0.717, 1.165) is 6.42 Å². The monoisotopic (exact) mass is 251 g/mol. The van der Waals surface area contributed by atoms with Crippen LogP contribution in [-0.2, 0) is 4.79 Å². The van der Waals surface area contributed by atoms with Gasteiger partial charge in [-0.1, -0.05) is 77.2 Å². The number of hydrogen-bond acceptors (Lipinski definition) is 1. The van der Waals surface area contributed by atoms with Gasteiger partial charge in [0.25, 0.3) is 0 Å². The Morgan fingerprint density at radius 2 is 1.28 bits per heavy atom. The van der Waals surface area contributed by atoms with E-state index in [1.807, 2.05) is 0 Å². The van der Waals surface area contributed by atoms with Gasteiger partial charge in [0, 0.05) is 5.57 Å². The van der Waals surface area contributed by atoms with Crippen molar-refractivity contribution in [1.82, 2.24) is 0 Å². The van der Waals surface area contributed by atoms with E-state index >= 15 is 0 Å². The molecule has 18 heavy (non-hydrogen) atoms. The van der Waals surface area contributed by atoms with Gasteiger partial charge >= 0.3 is 0 Å². The Hall–Kier alpha value is -0.790. The highest BCUT2D eigenvalue weighted by atomic mass is 16.1. The summed E-state index contributed by atoms with van der Waals surface area (Å²) in [6, 6.07) is 0. The predicted molar refractivity (Wildman–Crippen MR) is 77.2 cm³/mol. The van der Waals surface area contributed by atoms with Crippen LogP contribution in [0, 0.1) is 5.92 Å². The van der Waals surface area contributed by atoms with Gasteiger partial charge in [0.1, 0.15) is 0 Å². The van der Waals surface area contributed by atoms with Crippen molar-refractivity contribution in [1.29, 1.82) is 0 Å². The number of nitrogens with two attached hydrogens (primary N) is 1. The molecule has 1 fully saturated rings. The minimum absolute atomic E-state index is 0.318. The minimum Gasteiger partial charge on any atom is -0.366 e. The zero-order chi connectivity index (χ0) is 13.2. The molecule has 0 spiro atoms. The first kappa shape index (κ1) is 15.3. The van der Waals surface area contributed by atoms with Gasteiger partial charge in [-0.3, -0.25) is 4.79 Å². The molecule has 0 bridgehead atoms. The SMILES string of the molecule is C=C(CC1CCCCCCCCCCC1)C(N)=O. The molecule has 0 heterocycles. The molecule has 104 valence electrons. The second kappa shape index (κ2) is 9.18. The van der Waals surface area contributed by atoms with Crippen LogP contribution in [0.5, 0.6) is 0 Å². The maximum atomic E-state index is 11.1. The van der Waals surface area contributed by atoms with Gasteiger partial charge < -0.3 is 5.73 Å². The zero-order valence-corrected chi connectivity index (χ0v) is 11.8. The van der Waals surface area contributed by atoms with E-state index in [4.69, 9.17) is 5.73 Å². The lowest BCUT2D eigenvalue weighted by atomic mass is 9.88. The molecule has 0 radical (unpaired) electrons. The highest BCUT2D eigenvalue weighted by molar-refractivity contribution is 5.91. The number of rotatable bonds is 3. The summed E-state index contributed by atoms with van der Waals surface area (Å²) in [5, 5.41) is 0. The summed E-state index contributed by atoms with van der Waals surface area (Å²) in [7, 11) is 0. The number of primary amides is 1. The van der Waals surface area contributed by atoms with E-state index in [0.29, 0.717) is 11.5 Å². The highest BCUT2D eigenvalue weighted by Gasteiger charge is 2.13. The fourth-order valence-electron chi connectivity index (χ4n) is 2.90. The second-order valence-corrected chi connectivity index (χ2v) is 5.80. The van der Waals surface area contributed by atoms with Gasteiger partial charge in [-0.25, -0.2) is 0 Å². The summed E-state index contributed by atoms with van der Waals surface area (Å²) in [6.45, 7) is 3.80. The fourth-order valence-corrected chi connectivity index (χ4v) is 2.90. The normalized spacial score (nSPS) is 20.7. The van der Waals surface area contributed by atoms with Gasteiger partial charge in [0.05, 0.1) is 0 Å². The largest absolute Gasteiger partial charge is 0.366 e. The van der Waals surface area contributed by atoms with Crippen LogP contribution in [0.3, 0.4) is 0 Å². The molecule has 2 N–H and O–H groups in total. The molecule has 0 saturated heterocycles. The molecule has 0 aromatic rings. The standard InChI is InChI=1S/C16H29NO/c1-14(16(17)18)13-15-11-9-7-5-3-2-4-6-8-10-12-15/h15H,1-13H2,(H2,17,18). The van der Waals surface area contributed by atoms with E-state index in [1.165, 1.54) is 70.6 Å². The Balaban J connectivity index is 2.36. The third-order valence-electron chi connectivity index (χ3n) is 4.11. The van der Waals surface area contributed by atoms with Crippen molar-refractivity contribution in [2.24, 2.45) is 11.7 Å². The molecule has 0 unspecified atom stereocenters. The van der Waals surface area contributed by atoms with Crippen molar-refractivity contribution in [3.8, 4) is 0 Å². The Labute approximate surface area is 112 Å². The highest BCUT2D eigenvalue weighted by Crippen LogP contribution is 2.25. The van der Waals surface area contributed by atoms with Gasteiger partial charge in [-0.05, 0) is 12.3 Å². The molecule has 2 heteroatoms. The van der Waals surface area contributed by atoms with Gasteiger partial charge in [-0.2, -0.15) is 0 Å². The van der Waals surface area contributed by atoms with Crippen LogP contribution in [0.15, 0.2) is 12.2 Å². The third-order valence-corrected chi connectivity index (χ3v) is 4.11. The lowest BCUT2D eigenvalue weighted by Gasteiger charge is -2.18. The van der Waals surface area contributed by atoms with Crippen LogP contribution in [-0.4, -0.2) is 5.91 Å². The molecular weight excluding hydrogens is 222 g/mol. The van der Waals surface area contributed by atoms with Gasteiger partial charge in [0.2, 0.25) is 5.91 Å². The van der Waals surface area contributed by atoms with Crippen LogP contribution in [0.25, 0.3) is 0 Å². The first-order valence-electron chi connectivity index (χ1n) is 7.67. The molecule has 0 atom stereocenters. The quantitative estimate of drug-likeness (QED) is 0.745. The summed E-state index contributed by atoms with van der Waals surface area (Å²) in [6.07, 6.45) is 15.6. The van der Waals surface area contributed by atoms with Crippen LogP contribution in [0.4, 0.5) is 0 Å². The maximum Gasteiger partial charge on any atom is 0.244 e. The van der Waals surface area contributed by atoms with Gasteiger partial charge in [-0.15, -0.1) is 0 Å². The van der Waals surface area contributed by atoms with Crippen molar-refractivity contribution < 1.29 is 4.79 Å². The Bertz CT molecular complexity index is 248. The van der Waals surface area contributed by atoms with Crippen LogP contribution >= 0.6 is 0 Å². The fraction of sp³-hybridized carbons (Fsp3) is 0.812. The van der Waals surface area contributed by atoms with E-state index in [2.05, 4.69) is 6.58 Å². The predicted octanol–water partition coefficient (Wildman–Crippen LogP) is 4.34. The molecule has 1 aliphatic rings. The minimum atomic E-state index is -0.318. The van der Waals surface area contributed by atoms with Gasteiger partial charge in [0.15, 0.2) is 0 Å². The number of hydrogen-bond donors (Lipinski definition) is 1. The summed E-state index contributed by atoms with van der Waals surface area (Å²) in [5.74, 6) is 0.311. The summed E-state index contributed by atoms with van der Waals surface area (Å²) in [4.78, 5) is 11.1. The number of carbonyl (C=O) groups is 1. The molecule has 0 aromatic heterocycles. The first-order chi connectivity index (χ1) is 8.70. The molecule has 2 nitrogen and oxygen atoms in total. The molecule has 1 rings (SSSR count). The molecule has 1 aliphatic carbocycles. The van der Waals surface area contributed by atoms with Crippen LogP contribution < -0.4 is 5.73 Å². The average molecular weight is 251 g/mol. The smallest absolute Gasteiger partial charge is 0.244 e. The molecule has 1 amide bonds. The Kier molecular flexibility index (Phi) is 7.79. The zero-order valence-electron chi connectivity index (χ0n) is 11.8. The van der Waals surface area contributed by atoms with Crippen molar-refractivity contribution in [2.45, 2.75) is 77.0 Å². The lowest BCUT2D eigenvalue weighted by Crippen LogP contribution is -2.16. The first-order valence-corrected chi connectivity index (χ1v) is 7.67. The molecule has 0 aliphatic heterocycles. The summed E-state index contributed by atoms with van der Waals surface area (Å²) >= 11 is 0. The van der Waals surface area contributed by atoms with Crippen molar-refractivity contribution in [3.63, 3.8) is 0 Å². The summed E-state index contributed by atoms with van der Waals surface area (Å²) < 4.78 is 0. The van der Waals surface area contributed by atoms with Crippen LogP contribution in [0.1, 0.15) is 77.0 Å². The summed E-state index contributed by atoms with van der Waals surface area (Å²) in [5.41, 5.74) is 5.90. The number of carbonyl (C=O) groups excluding carboxylic acids is 1. The Morgan fingerprint density at radius 3 is 1.67 bits per heavy atom.